The van der Waals surface area contributed by atoms with E-state index in [4.69, 9.17) is 5.11 Å². The van der Waals surface area contributed by atoms with Gasteiger partial charge in [-0.1, -0.05) is 0 Å². The van der Waals surface area contributed by atoms with Crippen molar-refractivity contribution in [2.45, 2.75) is 0 Å². The second-order valence-electron chi connectivity index (χ2n) is 3.52. The molecule has 12 heavy (non-hydrogen) atoms. The van der Waals surface area contributed by atoms with Crippen LogP contribution in [0.2, 0.25) is 0 Å². The Labute approximate surface area is 71.1 Å². The zero-order valence-corrected chi connectivity index (χ0v) is 7.08. The number of hydrogen-bond donors (Lipinski definition) is 1. The highest BCUT2D eigenvalue weighted by Crippen LogP contribution is 2.24. The molecule has 0 spiro atoms. The maximum Gasteiger partial charge on any atom is 0.407 e. The van der Waals surface area contributed by atoms with E-state index in [0.29, 0.717) is 13.1 Å². The fourth-order valence-electron chi connectivity index (χ4n) is 1.91. The first-order valence-electron chi connectivity index (χ1n) is 4.03. The van der Waals surface area contributed by atoms with E-state index >= 15 is 0 Å². The molecule has 4 nitrogen and oxygen atoms in total. The molecular weight excluding hydrogens is 156 g/mol. The van der Waals surface area contributed by atoms with Gasteiger partial charge in [-0.3, -0.25) is 4.90 Å². The van der Waals surface area contributed by atoms with Crippen LogP contribution in [0, 0.1) is 0 Å². The van der Waals surface area contributed by atoms with Gasteiger partial charge in [0.2, 0.25) is 0 Å². The molecule has 0 fully saturated rings. The van der Waals surface area contributed by atoms with Gasteiger partial charge in [0.1, 0.15) is 0 Å². The number of likely N-dealkylation sites (N-methyl/N-ethyl adjacent to an activating group) is 1. The fraction of sp³-hybridized carbons (Fsp3) is 0.625. The van der Waals surface area contributed by atoms with Crippen molar-refractivity contribution in [3.8, 4) is 0 Å². The minimum atomic E-state index is -0.799. The van der Waals surface area contributed by atoms with Crippen LogP contribution in [0.1, 0.15) is 0 Å². The molecule has 0 bridgehead atoms. The topological polar surface area (TPSA) is 43.8 Å². The van der Waals surface area contributed by atoms with E-state index in [0.717, 1.165) is 13.1 Å². The lowest BCUT2D eigenvalue weighted by molar-refractivity contribution is 0.155. The van der Waals surface area contributed by atoms with Gasteiger partial charge in [0.05, 0.1) is 0 Å². The van der Waals surface area contributed by atoms with Crippen molar-refractivity contribution in [2.24, 2.45) is 0 Å². The molecule has 0 aromatic heterocycles. The second kappa shape index (κ2) is 2.48. The predicted octanol–water partition coefficient (Wildman–Crippen LogP) is 0.222. The third-order valence-electron chi connectivity index (χ3n) is 2.46. The SMILES string of the molecule is CN1CC2=C(C1)CN(C(=O)O)C2. The highest BCUT2D eigenvalue weighted by atomic mass is 16.4. The van der Waals surface area contributed by atoms with Gasteiger partial charge in [0, 0.05) is 26.2 Å². The van der Waals surface area contributed by atoms with Crippen molar-refractivity contribution in [1.82, 2.24) is 9.80 Å². The van der Waals surface area contributed by atoms with Gasteiger partial charge < -0.3 is 10.0 Å². The summed E-state index contributed by atoms with van der Waals surface area (Å²) in [5.41, 5.74) is 2.61. The van der Waals surface area contributed by atoms with Crippen LogP contribution in [-0.2, 0) is 0 Å². The summed E-state index contributed by atoms with van der Waals surface area (Å²) in [5, 5.41) is 8.72. The van der Waals surface area contributed by atoms with Gasteiger partial charge >= 0.3 is 6.09 Å². The summed E-state index contributed by atoms with van der Waals surface area (Å²) in [6.45, 7) is 3.13. The summed E-state index contributed by atoms with van der Waals surface area (Å²) in [6, 6.07) is 0. The summed E-state index contributed by atoms with van der Waals surface area (Å²) in [7, 11) is 2.06. The Bertz CT molecular complexity index is 242. The Hall–Kier alpha value is -1.03. The van der Waals surface area contributed by atoms with E-state index in [-0.39, 0.29) is 0 Å². The Morgan fingerprint density at radius 2 is 1.75 bits per heavy atom. The molecule has 0 saturated carbocycles. The lowest BCUT2D eigenvalue weighted by Crippen LogP contribution is -2.31. The number of hydrogen-bond acceptors (Lipinski definition) is 2. The van der Waals surface area contributed by atoms with Crippen molar-refractivity contribution >= 4 is 6.09 Å². The highest BCUT2D eigenvalue weighted by Gasteiger charge is 2.30. The molecule has 0 radical (unpaired) electrons. The van der Waals surface area contributed by atoms with E-state index in [1.54, 1.807) is 0 Å². The molecule has 0 aromatic carbocycles. The summed E-state index contributed by atoms with van der Waals surface area (Å²) < 4.78 is 0. The molecular formula is C8H12N2O2. The molecule has 0 unspecified atom stereocenters. The molecule has 2 aliphatic rings. The molecule has 66 valence electrons. The molecule has 0 atom stereocenters. The summed E-state index contributed by atoms with van der Waals surface area (Å²) in [4.78, 5) is 14.3. The largest absolute Gasteiger partial charge is 0.465 e. The predicted molar refractivity (Wildman–Crippen MR) is 44.1 cm³/mol. The van der Waals surface area contributed by atoms with Gasteiger partial charge in [0.25, 0.3) is 0 Å². The van der Waals surface area contributed by atoms with Crippen LogP contribution in [0.15, 0.2) is 11.1 Å². The van der Waals surface area contributed by atoms with Gasteiger partial charge in [-0.25, -0.2) is 4.79 Å². The molecule has 4 heteroatoms. The Kier molecular flexibility index (Phi) is 1.58. The number of amides is 1. The van der Waals surface area contributed by atoms with Gasteiger partial charge in [-0.2, -0.15) is 0 Å². The highest BCUT2D eigenvalue weighted by molar-refractivity contribution is 5.67. The molecule has 0 saturated heterocycles. The number of rotatable bonds is 0. The zero-order valence-electron chi connectivity index (χ0n) is 7.08. The summed E-state index contributed by atoms with van der Waals surface area (Å²) in [6.07, 6.45) is -0.799. The number of carboxylic acid groups (broad SMARTS) is 1. The minimum absolute atomic E-state index is 0.620. The molecule has 1 amide bonds. The Morgan fingerprint density at radius 1 is 1.25 bits per heavy atom. The van der Waals surface area contributed by atoms with E-state index in [9.17, 15) is 4.79 Å². The first kappa shape index (κ1) is 7.61. The van der Waals surface area contributed by atoms with Crippen molar-refractivity contribution in [2.75, 3.05) is 33.2 Å². The van der Waals surface area contributed by atoms with Crippen LogP contribution >= 0.6 is 0 Å². The molecule has 2 aliphatic heterocycles. The first-order chi connectivity index (χ1) is 5.66. The maximum atomic E-state index is 10.6. The van der Waals surface area contributed by atoms with Crippen LogP contribution in [-0.4, -0.2) is 54.2 Å². The third kappa shape index (κ3) is 1.08. The van der Waals surface area contributed by atoms with E-state index in [1.807, 2.05) is 0 Å². The molecule has 2 rings (SSSR count). The van der Waals surface area contributed by atoms with Crippen LogP contribution in [0.4, 0.5) is 4.79 Å². The number of nitrogens with zero attached hydrogens (tertiary/aromatic N) is 2. The van der Waals surface area contributed by atoms with Crippen molar-refractivity contribution in [3.63, 3.8) is 0 Å². The quantitative estimate of drug-likeness (QED) is 0.526. The van der Waals surface area contributed by atoms with Crippen molar-refractivity contribution in [3.05, 3.63) is 11.1 Å². The van der Waals surface area contributed by atoms with Crippen LogP contribution < -0.4 is 0 Å². The molecule has 0 aliphatic carbocycles. The lowest BCUT2D eigenvalue weighted by atomic mass is 10.2. The van der Waals surface area contributed by atoms with Gasteiger partial charge in [-0.15, -0.1) is 0 Å². The third-order valence-corrected chi connectivity index (χ3v) is 2.46. The normalized spacial score (nSPS) is 23.6. The first-order valence-corrected chi connectivity index (χ1v) is 4.03. The van der Waals surface area contributed by atoms with Gasteiger partial charge in [-0.05, 0) is 18.2 Å². The van der Waals surface area contributed by atoms with E-state index in [1.165, 1.54) is 16.0 Å². The van der Waals surface area contributed by atoms with Gasteiger partial charge in [0.15, 0.2) is 0 Å². The maximum absolute atomic E-state index is 10.6. The average Bonchev–Trinajstić information content (AvgIpc) is 2.42. The van der Waals surface area contributed by atoms with Crippen LogP contribution in [0.25, 0.3) is 0 Å². The molecule has 0 aromatic rings. The second-order valence-corrected chi connectivity index (χ2v) is 3.52. The zero-order chi connectivity index (χ0) is 8.72. The Morgan fingerprint density at radius 3 is 2.17 bits per heavy atom. The van der Waals surface area contributed by atoms with E-state index in [2.05, 4.69) is 11.9 Å². The van der Waals surface area contributed by atoms with Crippen molar-refractivity contribution in [1.29, 1.82) is 0 Å². The molecule has 2 heterocycles. The summed E-state index contributed by atoms with van der Waals surface area (Å²) in [5.74, 6) is 0. The smallest absolute Gasteiger partial charge is 0.407 e. The minimum Gasteiger partial charge on any atom is -0.465 e. The van der Waals surface area contributed by atoms with E-state index < -0.39 is 6.09 Å². The molecule has 1 N–H and O–H groups in total. The number of carbonyl (C=O) groups is 1. The standard InChI is InChI=1S/C8H12N2O2/c1-9-2-6-4-10(8(11)12)5-7(6)3-9/h2-5H2,1H3,(H,11,12). The summed E-state index contributed by atoms with van der Waals surface area (Å²) >= 11 is 0. The van der Waals surface area contributed by atoms with Crippen LogP contribution in [0.5, 0.6) is 0 Å². The monoisotopic (exact) mass is 168 g/mol. The van der Waals surface area contributed by atoms with Crippen molar-refractivity contribution < 1.29 is 9.90 Å². The fourth-order valence-corrected chi connectivity index (χ4v) is 1.91. The van der Waals surface area contributed by atoms with Crippen LogP contribution in [0.3, 0.4) is 0 Å². The Balaban J connectivity index is 2.03. The lowest BCUT2D eigenvalue weighted by Gasteiger charge is -2.16. The average molecular weight is 168 g/mol.